The van der Waals surface area contributed by atoms with Crippen LogP contribution in [-0.2, 0) is 12.8 Å². The van der Waals surface area contributed by atoms with E-state index in [9.17, 15) is 9.59 Å². The molecular formula is C17H17N3O2S. The predicted molar refractivity (Wildman–Crippen MR) is 91.2 cm³/mol. The fourth-order valence-electron chi connectivity index (χ4n) is 2.34. The maximum absolute atomic E-state index is 12.2. The number of hydrogen-bond donors (Lipinski definition) is 1. The summed E-state index contributed by atoms with van der Waals surface area (Å²) in [4.78, 5) is 29.1. The molecular weight excluding hydrogens is 310 g/mol. The molecule has 0 atom stereocenters. The minimum absolute atomic E-state index is 0.0715. The summed E-state index contributed by atoms with van der Waals surface area (Å²) in [6, 6.07) is 8.33. The first-order valence-electron chi connectivity index (χ1n) is 7.50. The van der Waals surface area contributed by atoms with E-state index in [1.807, 2.05) is 0 Å². The average Bonchev–Trinajstić information content (AvgIpc) is 3.05. The second-order valence-electron chi connectivity index (χ2n) is 5.21. The Kier molecular flexibility index (Phi) is 4.52. The Bertz CT molecular complexity index is 881. The molecule has 0 aliphatic rings. The minimum Gasteiger partial charge on any atom is -0.351 e. The van der Waals surface area contributed by atoms with E-state index in [4.69, 9.17) is 0 Å². The lowest BCUT2D eigenvalue weighted by Gasteiger charge is -2.06. The summed E-state index contributed by atoms with van der Waals surface area (Å²) in [6.07, 6.45) is 4.71. The molecule has 0 aliphatic heterocycles. The highest BCUT2D eigenvalue weighted by Crippen LogP contribution is 2.07. The van der Waals surface area contributed by atoms with E-state index in [1.54, 1.807) is 11.6 Å². The molecule has 1 aromatic carbocycles. The van der Waals surface area contributed by atoms with Crippen LogP contribution in [0.3, 0.4) is 0 Å². The minimum atomic E-state index is -0.381. The van der Waals surface area contributed by atoms with Crippen LogP contribution >= 0.6 is 11.3 Å². The van der Waals surface area contributed by atoms with Crippen LogP contribution in [0, 0.1) is 0 Å². The van der Waals surface area contributed by atoms with Crippen molar-refractivity contribution in [1.82, 2.24) is 14.7 Å². The molecule has 3 aromatic rings. The number of carbonyl (C=O) groups is 1. The third-order valence-electron chi connectivity index (χ3n) is 3.72. The number of carbonyl (C=O) groups excluding carboxylic acids is 1. The van der Waals surface area contributed by atoms with Gasteiger partial charge in [0.1, 0.15) is 5.56 Å². The SMILES string of the molecule is CCc1ccc(CCNC(=O)c2cnc3sccn3c2=O)cc1. The fourth-order valence-corrected chi connectivity index (χ4v) is 3.01. The van der Waals surface area contributed by atoms with Gasteiger partial charge in [0, 0.05) is 24.3 Å². The summed E-state index contributed by atoms with van der Waals surface area (Å²) in [5, 5.41) is 4.55. The van der Waals surface area contributed by atoms with E-state index < -0.39 is 0 Å². The van der Waals surface area contributed by atoms with Crippen molar-refractivity contribution >= 4 is 22.2 Å². The number of rotatable bonds is 5. The van der Waals surface area contributed by atoms with Gasteiger partial charge in [0.2, 0.25) is 0 Å². The quantitative estimate of drug-likeness (QED) is 0.782. The molecule has 0 saturated heterocycles. The van der Waals surface area contributed by atoms with Crippen LogP contribution < -0.4 is 10.9 Å². The molecule has 23 heavy (non-hydrogen) atoms. The third-order valence-corrected chi connectivity index (χ3v) is 4.49. The summed E-state index contributed by atoms with van der Waals surface area (Å²) >= 11 is 1.36. The predicted octanol–water partition coefficient (Wildman–Crippen LogP) is 2.29. The molecule has 1 N–H and O–H groups in total. The topological polar surface area (TPSA) is 63.5 Å². The van der Waals surface area contributed by atoms with Crippen LogP contribution in [0.25, 0.3) is 4.96 Å². The Morgan fingerprint density at radius 1 is 1.26 bits per heavy atom. The molecule has 2 aromatic heterocycles. The maximum atomic E-state index is 12.2. The third kappa shape index (κ3) is 3.32. The number of aromatic nitrogens is 2. The van der Waals surface area contributed by atoms with Crippen LogP contribution in [0.5, 0.6) is 0 Å². The molecule has 2 heterocycles. The van der Waals surface area contributed by atoms with E-state index in [1.165, 1.54) is 27.5 Å². The second kappa shape index (κ2) is 6.75. The molecule has 0 fully saturated rings. The molecule has 118 valence electrons. The number of fused-ring (bicyclic) bond motifs is 1. The normalized spacial score (nSPS) is 10.8. The first-order valence-corrected chi connectivity index (χ1v) is 8.38. The van der Waals surface area contributed by atoms with Gasteiger partial charge in [-0.05, 0) is 24.0 Å². The highest BCUT2D eigenvalue weighted by atomic mass is 32.1. The van der Waals surface area contributed by atoms with Crippen molar-refractivity contribution in [2.24, 2.45) is 0 Å². The summed E-state index contributed by atoms with van der Waals surface area (Å²) in [5.74, 6) is -0.381. The van der Waals surface area contributed by atoms with E-state index in [-0.39, 0.29) is 17.0 Å². The van der Waals surface area contributed by atoms with Gasteiger partial charge in [-0.25, -0.2) is 4.98 Å². The van der Waals surface area contributed by atoms with Gasteiger partial charge in [-0.3, -0.25) is 14.0 Å². The standard InChI is InChI=1S/C17H17N3O2S/c1-2-12-3-5-13(6-4-12)7-8-18-15(21)14-11-19-17-20(16(14)22)9-10-23-17/h3-6,9-11H,2,7-8H2,1H3,(H,18,21). The van der Waals surface area contributed by atoms with Crippen LogP contribution in [-0.4, -0.2) is 21.8 Å². The van der Waals surface area contributed by atoms with E-state index in [2.05, 4.69) is 41.5 Å². The molecule has 5 nitrogen and oxygen atoms in total. The number of amides is 1. The molecule has 0 bridgehead atoms. The lowest BCUT2D eigenvalue weighted by molar-refractivity contribution is 0.0952. The van der Waals surface area contributed by atoms with E-state index in [0.29, 0.717) is 11.5 Å². The zero-order chi connectivity index (χ0) is 16.2. The Hall–Kier alpha value is -2.47. The Morgan fingerprint density at radius 2 is 2.00 bits per heavy atom. The second-order valence-corrected chi connectivity index (χ2v) is 6.08. The summed E-state index contributed by atoms with van der Waals surface area (Å²) in [6.45, 7) is 2.60. The number of nitrogens with zero attached hydrogens (tertiary/aromatic N) is 2. The maximum Gasteiger partial charge on any atom is 0.271 e. The molecule has 6 heteroatoms. The Balaban J connectivity index is 1.64. The van der Waals surface area contributed by atoms with Crippen molar-refractivity contribution < 1.29 is 4.79 Å². The smallest absolute Gasteiger partial charge is 0.271 e. The Morgan fingerprint density at radius 3 is 2.74 bits per heavy atom. The molecule has 1 amide bonds. The largest absolute Gasteiger partial charge is 0.351 e. The molecule has 0 aliphatic carbocycles. The lowest BCUT2D eigenvalue weighted by Crippen LogP contribution is -2.32. The van der Waals surface area contributed by atoms with Crippen molar-refractivity contribution in [3.63, 3.8) is 0 Å². The van der Waals surface area contributed by atoms with Crippen molar-refractivity contribution in [2.45, 2.75) is 19.8 Å². The summed E-state index contributed by atoms with van der Waals surface area (Å²) in [5.41, 5.74) is 2.19. The zero-order valence-corrected chi connectivity index (χ0v) is 13.6. The van der Waals surface area contributed by atoms with Gasteiger partial charge in [0.05, 0.1) is 0 Å². The van der Waals surface area contributed by atoms with Gasteiger partial charge in [-0.1, -0.05) is 31.2 Å². The number of nitrogens with one attached hydrogen (secondary N) is 1. The summed E-state index contributed by atoms with van der Waals surface area (Å²) < 4.78 is 1.39. The molecule has 0 saturated carbocycles. The van der Waals surface area contributed by atoms with Gasteiger partial charge in [0.25, 0.3) is 11.5 Å². The average molecular weight is 327 g/mol. The first kappa shape index (κ1) is 15.4. The molecule has 3 rings (SSSR count). The van der Waals surface area contributed by atoms with Gasteiger partial charge < -0.3 is 5.32 Å². The molecule has 0 unspecified atom stereocenters. The first-order chi connectivity index (χ1) is 11.2. The summed E-state index contributed by atoms with van der Waals surface area (Å²) in [7, 11) is 0. The monoisotopic (exact) mass is 327 g/mol. The lowest BCUT2D eigenvalue weighted by atomic mass is 10.1. The highest BCUT2D eigenvalue weighted by molar-refractivity contribution is 7.15. The number of aryl methyl sites for hydroxylation is 1. The van der Waals surface area contributed by atoms with Gasteiger partial charge >= 0.3 is 0 Å². The molecule has 0 radical (unpaired) electrons. The van der Waals surface area contributed by atoms with Crippen LogP contribution in [0.1, 0.15) is 28.4 Å². The van der Waals surface area contributed by atoms with Crippen LogP contribution in [0.2, 0.25) is 0 Å². The highest BCUT2D eigenvalue weighted by Gasteiger charge is 2.13. The van der Waals surface area contributed by atoms with Gasteiger partial charge in [-0.15, -0.1) is 11.3 Å². The van der Waals surface area contributed by atoms with Gasteiger partial charge in [-0.2, -0.15) is 0 Å². The number of benzene rings is 1. The molecule has 0 spiro atoms. The zero-order valence-electron chi connectivity index (χ0n) is 12.8. The number of thiazole rings is 1. The van der Waals surface area contributed by atoms with Crippen LogP contribution in [0.4, 0.5) is 0 Å². The van der Waals surface area contributed by atoms with E-state index in [0.717, 1.165) is 18.4 Å². The fraction of sp³-hybridized carbons (Fsp3) is 0.235. The van der Waals surface area contributed by atoms with Crippen molar-refractivity contribution in [3.8, 4) is 0 Å². The van der Waals surface area contributed by atoms with Crippen LogP contribution in [0.15, 0.2) is 46.8 Å². The van der Waals surface area contributed by atoms with Crippen molar-refractivity contribution in [3.05, 3.63) is 69.1 Å². The number of hydrogen-bond acceptors (Lipinski definition) is 4. The van der Waals surface area contributed by atoms with Gasteiger partial charge in [0.15, 0.2) is 4.96 Å². The van der Waals surface area contributed by atoms with Crippen molar-refractivity contribution in [1.29, 1.82) is 0 Å². The van der Waals surface area contributed by atoms with E-state index >= 15 is 0 Å². The Labute approximate surface area is 137 Å². The van der Waals surface area contributed by atoms with Crippen molar-refractivity contribution in [2.75, 3.05) is 6.54 Å².